The van der Waals surface area contributed by atoms with Gasteiger partial charge in [-0.15, -0.1) is 0 Å². The Hall–Kier alpha value is -1.87. The minimum atomic E-state index is -0.231. The Kier molecular flexibility index (Phi) is 5.76. The maximum absolute atomic E-state index is 13.1. The summed E-state index contributed by atoms with van der Waals surface area (Å²) in [6, 6.07) is 12.9. The lowest BCUT2D eigenvalue weighted by Gasteiger charge is -2.13. The van der Waals surface area contributed by atoms with Gasteiger partial charge in [0.15, 0.2) is 0 Å². The molecule has 0 aliphatic carbocycles. The lowest BCUT2D eigenvalue weighted by atomic mass is 10.1. The van der Waals surface area contributed by atoms with Crippen molar-refractivity contribution in [3.8, 4) is 5.75 Å². The van der Waals surface area contributed by atoms with Crippen LogP contribution < -0.4 is 10.1 Å². The van der Waals surface area contributed by atoms with E-state index in [0.717, 1.165) is 30.8 Å². The van der Waals surface area contributed by atoms with Crippen LogP contribution in [0.5, 0.6) is 5.75 Å². The number of hydrogen-bond donors (Lipinski definition) is 1. The Labute approximate surface area is 126 Å². The molecule has 3 heteroatoms. The minimum Gasteiger partial charge on any atom is -0.489 e. The molecule has 0 aliphatic heterocycles. The fraction of sp³-hybridized carbons (Fsp3) is 0.333. The number of hydrogen-bond acceptors (Lipinski definition) is 2. The largest absolute Gasteiger partial charge is 0.489 e. The van der Waals surface area contributed by atoms with Crippen LogP contribution in [0.1, 0.15) is 23.6 Å². The third-order valence-electron chi connectivity index (χ3n) is 3.46. The molecule has 0 heterocycles. The smallest absolute Gasteiger partial charge is 0.123 e. The van der Waals surface area contributed by atoms with Gasteiger partial charge in [-0.25, -0.2) is 4.39 Å². The van der Waals surface area contributed by atoms with Gasteiger partial charge in [-0.2, -0.15) is 0 Å². The van der Waals surface area contributed by atoms with Crippen molar-refractivity contribution in [2.24, 2.45) is 0 Å². The van der Waals surface area contributed by atoms with E-state index in [9.17, 15) is 4.39 Å². The lowest BCUT2D eigenvalue weighted by molar-refractivity contribution is 0.302. The van der Waals surface area contributed by atoms with Gasteiger partial charge in [0.05, 0.1) is 0 Å². The summed E-state index contributed by atoms with van der Waals surface area (Å²) in [4.78, 5) is 0. The summed E-state index contributed by atoms with van der Waals surface area (Å²) in [6.07, 6.45) is 0.982. The van der Waals surface area contributed by atoms with Crippen molar-refractivity contribution in [1.29, 1.82) is 0 Å². The van der Waals surface area contributed by atoms with Gasteiger partial charge in [-0.1, -0.05) is 31.2 Å². The molecule has 0 saturated heterocycles. The molecule has 0 bridgehead atoms. The maximum Gasteiger partial charge on any atom is 0.123 e. The molecule has 0 aromatic heterocycles. The van der Waals surface area contributed by atoms with E-state index in [0.29, 0.717) is 6.61 Å². The lowest BCUT2D eigenvalue weighted by Crippen LogP contribution is -2.17. The Bertz CT molecular complexity index is 583. The Balaban J connectivity index is 2.02. The molecule has 0 spiro atoms. The predicted molar refractivity (Wildman–Crippen MR) is 84.2 cm³/mol. The molecule has 2 aromatic rings. The fourth-order valence-corrected chi connectivity index (χ4v) is 2.27. The van der Waals surface area contributed by atoms with Gasteiger partial charge in [0, 0.05) is 0 Å². The highest BCUT2D eigenvalue weighted by atomic mass is 19.1. The molecule has 0 radical (unpaired) electrons. The number of likely N-dealkylation sites (N-methyl/N-ethyl adjacent to an activating group) is 1. The van der Waals surface area contributed by atoms with Crippen LogP contribution >= 0.6 is 0 Å². The van der Waals surface area contributed by atoms with Crippen molar-refractivity contribution in [2.45, 2.75) is 26.9 Å². The normalized spacial score (nSPS) is 10.6. The van der Waals surface area contributed by atoms with Crippen LogP contribution in [0.2, 0.25) is 0 Å². The molecule has 0 saturated carbocycles. The molecule has 0 atom stereocenters. The SMILES string of the molecule is CCNCCc1ccccc1COc1ccc(F)cc1C. The van der Waals surface area contributed by atoms with Gasteiger partial charge in [0.25, 0.3) is 0 Å². The van der Waals surface area contributed by atoms with Crippen LogP contribution in [-0.2, 0) is 13.0 Å². The average Bonchev–Trinajstić information content (AvgIpc) is 2.48. The van der Waals surface area contributed by atoms with E-state index in [1.54, 1.807) is 6.07 Å². The quantitative estimate of drug-likeness (QED) is 0.781. The zero-order chi connectivity index (χ0) is 15.1. The monoisotopic (exact) mass is 287 g/mol. The second-order valence-electron chi connectivity index (χ2n) is 5.07. The second kappa shape index (κ2) is 7.79. The van der Waals surface area contributed by atoms with Crippen molar-refractivity contribution in [3.05, 3.63) is 65.0 Å². The van der Waals surface area contributed by atoms with Gasteiger partial charge < -0.3 is 10.1 Å². The highest BCUT2D eigenvalue weighted by molar-refractivity contribution is 5.33. The van der Waals surface area contributed by atoms with Gasteiger partial charge in [-0.05, 0) is 61.3 Å². The Morgan fingerprint density at radius 2 is 1.86 bits per heavy atom. The highest BCUT2D eigenvalue weighted by Gasteiger charge is 2.05. The van der Waals surface area contributed by atoms with E-state index in [1.165, 1.54) is 23.3 Å². The van der Waals surface area contributed by atoms with Gasteiger partial charge >= 0.3 is 0 Å². The van der Waals surface area contributed by atoms with E-state index < -0.39 is 0 Å². The van der Waals surface area contributed by atoms with E-state index in [1.807, 2.05) is 19.1 Å². The number of rotatable bonds is 7. The van der Waals surface area contributed by atoms with Crippen LogP contribution in [-0.4, -0.2) is 13.1 Å². The van der Waals surface area contributed by atoms with Crippen LogP contribution in [0, 0.1) is 12.7 Å². The first-order valence-electron chi connectivity index (χ1n) is 7.37. The number of aryl methyl sites for hydroxylation is 1. The van der Waals surface area contributed by atoms with E-state index in [4.69, 9.17) is 4.74 Å². The first-order chi connectivity index (χ1) is 10.2. The molecular weight excluding hydrogens is 265 g/mol. The van der Waals surface area contributed by atoms with Gasteiger partial charge in [-0.3, -0.25) is 0 Å². The molecule has 2 nitrogen and oxygen atoms in total. The molecule has 2 rings (SSSR count). The average molecular weight is 287 g/mol. The summed E-state index contributed by atoms with van der Waals surface area (Å²) < 4.78 is 18.9. The first-order valence-corrected chi connectivity index (χ1v) is 7.37. The summed E-state index contributed by atoms with van der Waals surface area (Å²) >= 11 is 0. The van der Waals surface area contributed by atoms with Crippen LogP contribution in [0.4, 0.5) is 4.39 Å². The zero-order valence-electron chi connectivity index (χ0n) is 12.7. The second-order valence-corrected chi connectivity index (χ2v) is 5.07. The Morgan fingerprint density at radius 1 is 1.10 bits per heavy atom. The molecule has 1 N–H and O–H groups in total. The fourth-order valence-electron chi connectivity index (χ4n) is 2.27. The molecular formula is C18H22FNO. The van der Waals surface area contributed by atoms with E-state index in [2.05, 4.69) is 24.4 Å². The van der Waals surface area contributed by atoms with Crippen LogP contribution in [0.25, 0.3) is 0 Å². The summed E-state index contributed by atoms with van der Waals surface area (Å²) in [5.41, 5.74) is 3.29. The van der Waals surface area contributed by atoms with E-state index >= 15 is 0 Å². The maximum atomic E-state index is 13.1. The van der Waals surface area contributed by atoms with E-state index in [-0.39, 0.29) is 5.82 Å². The summed E-state index contributed by atoms with van der Waals surface area (Å²) in [6.45, 7) is 6.41. The number of nitrogens with one attached hydrogen (secondary N) is 1. The van der Waals surface area contributed by atoms with Crippen molar-refractivity contribution in [3.63, 3.8) is 0 Å². The van der Waals surface area contributed by atoms with Gasteiger partial charge in [0.1, 0.15) is 18.2 Å². The topological polar surface area (TPSA) is 21.3 Å². The predicted octanol–water partition coefficient (Wildman–Crippen LogP) is 3.87. The third kappa shape index (κ3) is 4.57. The number of benzene rings is 2. The molecule has 0 unspecified atom stereocenters. The molecule has 2 aromatic carbocycles. The molecule has 0 fully saturated rings. The van der Waals surface area contributed by atoms with Crippen LogP contribution in [0.3, 0.4) is 0 Å². The summed E-state index contributed by atoms with van der Waals surface area (Å²) in [5, 5.41) is 3.33. The first kappa shape index (κ1) is 15.5. The molecule has 0 aliphatic rings. The zero-order valence-corrected chi connectivity index (χ0v) is 12.7. The molecule has 112 valence electrons. The highest BCUT2D eigenvalue weighted by Crippen LogP contribution is 2.20. The molecule has 21 heavy (non-hydrogen) atoms. The van der Waals surface area contributed by atoms with Crippen LogP contribution in [0.15, 0.2) is 42.5 Å². The summed E-state index contributed by atoms with van der Waals surface area (Å²) in [7, 11) is 0. The standard InChI is InChI=1S/C18H22FNO/c1-3-20-11-10-15-6-4-5-7-16(15)13-21-18-9-8-17(19)12-14(18)2/h4-9,12,20H,3,10-11,13H2,1-2H3. The van der Waals surface area contributed by atoms with Gasteiger partial charge in [0.2, 0.25) is 0 Å². The molecule has 0 amide bonds. The number of ether oxygens (including phenoxy) is 1. The van der Waals surface area contributed by atoms with Crippen molar-refractivity contribution >= 4 is 0 Å². The van der Waals surface area contributed by atoms with Crippen molar-refractivity contribution in [1.82, 2.24) is 5.32 Å². The number of halogens is 1. The third-order valence-corrected chi connectivity index (χ3v) is 3.46. The van der Waals surface area contributed by atoms with Crippen molar-refractivity contribution < 1.29 is 9.13 Å². The van der Waals surface area contributed by atoms with Crippen molar-refractivity contribution in [2.75, 3.05) is 13.1 Å². The summed E-state index contributed by atoms with van der Waals surface area (Å²) in [5.74, 6) is 0.503. The Morgan fingerprint density at radius 3 is 2.57 bits per heavy atom. The minimum absolute atomic E-state index is 0.231.